The van der Waals surface area contributed by atoms with Gasteiger partial charge in [-0.25, -0.2) is 0 Å². The average molecular weight is 241 g/mol. The SMILES string of the molecule is C=Cc1c(Br)cccc1OC(C)C. The van der Waals surface area contributed by atoms with E-state index in [2.05, 4.69) is 22.5 Å². The van der Waals surface area contributed by atoms with Crippen molar-refractivity contribution in [2.45, 2.75) is 20.0 Å². The van der Waals surface area contributed by atoms with E-state index in [0.717, 1.165) is 15.8 Å². The molecule has 0 aliphatic rings. The minimum atomic E-state index is 0.188. The number of hydrogen-bond acceptors (Lipinski definition) is 1. The van der Waals surface area contributed by atoms with Gasteiger partial charge in [0.25, 0.3) is 0 Å². The van der Waals surface area contributed by atoms with E-state index in [1.165, 1.54) is 0 Å². The van der Waals surface area contributed by atoms with E-state index in [1.807, 2.05) is 32.0 Å². The molecule has 70 valence electrons. The fourth-order valence-corrected chi connectivity index (χ4v) is 1.58. The first-order chi connectivity index (χ1) is 6.15. The molecule has 0 amide bonds. The number of hydrogen-bond donors (Lipinski definition) is 0. The standard InChI is InChI=1S/C11H13BrO/c1-4-9-10(12)6-5-7-11(9)13-8(2)3/h4-8H,1H2,2-3H3. The van der Waals surface area contributed by atoms with E-state index < -0.39 is 0 Å². The Hall–Kier alpha value is -0.760. The molecule has 1 aromatic carbocycles. The minimum Gasteiger partial charge on any atom is -0.490 e. The lowest BCUT2D eigenvalue weighted by molar-refractivity contribution is 0.242. The topological polar surface area (TPSA) is 9.23 Å². The van der Waals surface area contributed by atoms with Crippen molar-refractivity contribution in [1.29, 1.82) is 0 Å². The second-order valence-electron chi connectivity index (χ2n) is 3.02. The van der Waals surface area contributed by atoms with Gasteiger partial charge in [-0.2, -0.15) is 0 Å². The molecule has 0 aliphatic carbocycles. The van der Waals surface area contributed by atoms with Crippen molar-refractivity contribution in [3.05, 3.63) is 34.8 Å². The summed E-state index contributed by atoms with van der Waals surface area (Å²) in [7, 11) is 0. The van der Waals surface area contributed by atoms with E-state index in [0.29, 0.717) is 0 Å². The summed E-state index contributed by atoms with van der Waals surface area (Å²) >= 11 is 3.45. The molecule has 0 spiro atoms. The molecule has 13 heavy (non-hydrogen) atoms. The summed E-state index contributed by atoms with van der Waals surface area (Å²) in [5.41, 5.74) is 1.01. The molecule has 0 bridgehead atoms. The first-order valence-corrected chi connectivity index (χ1v) is 5.02. The predicted molar refractivity (Wildman–Crippen MR) is 60.0 cm³/mol. The Kier molecular flexibility index (Phi) is 3.55. The maximum absolute atomic E-state index is 5.62. The summed E-state index contributed by atoms with van der Waals surface area (Å²) < 4.78 is 6.63. The summed E-state index contributed by atoms with van der Waals surface area (Å²) in [4.78, 5) is 0. The van der Waals surface area contributed by atoms with Crippen LogP contribution in [-0.4, -0.2) is 6.10 Å². The Bertz CT molecular complexity index is 305. The molecule has 0 aromatic heterocycles. The summed E-state index contributed by atoms with van der Waals surface area (Å²) in [6, 6.07) is 5.88. The maximum Gasteiger partial charge on any atom is 0.128 e. The van der Waals surface area contributed by atoms with Crippen molar-refractivity contribution in [3.8, 4) is 5.75 Å². The van der Waals surface area contributed by atoms with Gasteiger partial charge in [-0.05, 0) is 26.0 Å². The quantitative estimate of drug-likeness (QED) is 0.780. The van der Waals surface area contributed by atoms with Gasteiger partial charge in [0.2, 0.25) is 0 Å². The molecule has 0 unspecified atom stereocenters. The highest BCUT2D eigenvalue weighted by atomic mass is 79.9. The van der Waals surface area contributed by atoms with Crippen LogP contribution in [0.15, 0.2) is 29.3 Å². The lowest BCUT2D eigenvalue weighted by atomic mass is 10.2. The third-order valence-electron chi connectivity index (χ3n) is 1.58. The monoisotopic (exact) mass is 240 g/mol. The van der Waals surface area contributed by atoms with Crippen LogP contribution in [0.4, 0.5) is 0 Å². The van der Waals surface area contributed by atoms with Gasteiger partial charge in [-0.3, -0.25) is 0 Å². The highest BCUT2D eigenvalue weighted by Crippen LogP contribution is 2.28. The van der Waals surface area contributed by atoms with Gasteiger partial charge in [0.05, 0.1) is 6.10 Å². The summed E-state index contributed by atoms with van der Waals surface area (Å²) in [5.74, 6) is 0.874. The van der Waals surface area contributed by atoms with Gasteiger partial charge >= 0.3 is 0 Å². The van der Waals surface area contributed by atoms with E-state index >= 15 is 0 Å². The summed E-state index contributed by atoms with van der Waals surface area (Å²) in [6.07, 6.45) is 1.98. The predicted octanol–water partition coefficient (Wildman–Crippen LogP) is 3.88. The Morgan fingerprint density at radius 2 is 2.15 bits per heavy atom. The summed E-state index contributed by atoms with van der Waals surface area (Å²) in [6.45, 7) is 7.77. The van der Waals surface area contributed by atoms with Crippen molar-refractivity contribution in [3.63, 3.8) is 0 Å². The zero-order valence-electron chi connectivity index (χ0n) is 7.88. The van der Waals surface area contributed by atoms with E-state index in [9.17, 15) is 0 Å². The van der Waals surface area contributed by atoms with Crippen LogP contribution in [0.2, 0.25) is 0 Å². The van der Waals surface area contributed by atoms with Crippen LogP contribution in [0.25, 0.3) is 6.08 Å². The lowest BCUT2D eigenvalue weighted by Crippen LogP contribution is -2.06. The molecule has 2 heteroatoms. The van der Waals surface area contributed by atoms with Gasteiger partial charge in [0.15, 0.2) is 0 Å². The van der Waals surface area contributed by atoms with E-state index in [1.54, 1.807) is 6.08 Å². The highest BCUT2D eigenvalue weighted by molar-refractivity contribution is 9.10. The number of ether oxygens (including phenoxy) is 1. The van der Waals surface area contributed by atoms with Crippen molar-refractivity contribution in [2.24, 2.45) is 0 Å². The van der Waals surface area contributed by atoms with Crippen LogP contribution < -0.4 is 4.74 Å². The number of halogens is 1. The Labute approximate surface area is 87.5 Å². The molecule has 0 N–H and O–H groups in total. The van der Waals surface area contributed by atoms with Gasteiger partial charge in [0.1, 0.15) is 5.75 Å². The molecule has 0 saturated carbocycles. The third-order valence-corrected chi connectivity index (χ3v) is 2.27. The molecule has 1 rings (SSSR count). The molecular weight excluding hydrogens is 228 g/mol. The molecule has 0 saturated heterocycles. The Balaban J connectivity index is 3.05. The van der Waals surface area contributed by atoms with Crippen LogP contribution in [0.3, 0.4) is 0 Å². The zero-order valence-corrected chi connectivity index (χ0v) is 9.47. The molecule has 0 aliphatic heterocycles. The molecule has 0 fully saturated rings. The Morgan fingerprint density at radius 3 is 2.69 bits per heavy atom. The van der Waals surface area contributed by atoms with Crippen LogP contribution in [-0.2, 0) is 0 Å². The molecule has 0 heterocycles. The molecule has 0 atom stereocenters. The molecule has 1 aromatic rings. The molecule has 1 nitrogen and oxygen atoms in total. The van der Waals surface area contributed by atoms with Crippen LogP contribution in [0, 0.1) is 0 Å². The number of benzene rings is 1. The third kappa shape index (κ3) is 2.59. The van der Waals surface area contributed by atoms with Crippen molar-refractivity contribution < 1.29 is 4.74 Å². The van der Waals surface area contributed by atoms with E-state index in [4.69, 9.17) is 4.74 Å². The minimum absolute atomic E-state index is 0.188. The van der Waals surface area contributed by atoms with Crippen molar-refractivity contribution in [2.75, 3.05) is 0 Å². The van der Waals surface area contributed by atoms with Crippen LogP contribution in [0.1, 0.15) is 19.4 Å². The molecular formula is C11H13BrO. The first-order valence-electron chi connectivity index (χ1n) is 4.22. The van der Waals surface area contributed by atoms with Crippen LogP contribution >= 0.6 is 15.9 Å². The average Bonchev–Trinajstić information content (AvgIpc) is 2.03. The fraction of sp³-hybridized carbons (Fsp3) is 0.273. The normalized spacial score (nSPS) is 10.2. The molecule has 0 radical (unpaired) electrons. The van der Waals surface area contributed by atoms with E-state index in [-0.39, 0.29) is 6.10 Å². The largest absolute Gasteiger partial charge is 0.490 e. The van der Waals surface area contributed by atoms with Crippen LogP contribution in [0.5, 0.6) is 5.75 Å². The van der Waals surface area contributed by atoms with Crippen molar-refractivity contribution >= 4 is 22.0 Å². The number of rotatable bonds is 3. The van der Waals surface area contributed by atoms with Gasteiger partial charge < -0.3 is 4.74 Å². The Morgan fingerprint density at radius 1 is 1.46 bits per heavy atom. The summed E-state index contributed by atoms with van der Waals surface area (Å²) in [5, 5.41) is 0. The second kappa shape index (κ2) is 4.47. The van der Waals surface area contributed by atoms with Gasteiger partial charge in [0, 0.05) is 10.0 Å². The van der Waals surface area contributed by atoms with Gasteiger partial charge in [-0.1, -0.05) is 34.7 Å². The first kappa shape index (κ1) is 10.3. The maximum atomic E-state index is 5.62. The highest BCUT2D eigenvalue weighted by Gasteiger charge is 2.05. The lowest BCUT2D eigenvalue weighted by Gasteiger charge is -2.13. The second-order valence-corrected chi connectivity index (χ2v) is 3.88. The zero-order chi connectivity index (χ0) is 9.84. The fourth-order valence-electron chi connectivity index (χ4n) is 1.07. The van der Waals surface area contributed by atoms with Crippen molar-refractivity contribution in [1.82, 2.24) is 0 Å². The van der Waals surface area contributed by atoms with Gasteiger partial charge in [-0.15, -0.1) is 0 Å². The smallest absolute Gasteiger partial charge is 0.128 e.